The number of hydrogen-bond donors (Lipinski definition) is 2. The Hall–Kier alpha value is -1.49. The summed E-state index contributed by atoms with van der Waals surface area (Å²) >= 11 is 0. The zero-order valence-electron chi connectivity index (χ0n) is 8.04. The molecule has 0 radical (unpaired) electrons. The van der Waals surface area contributed by atoms with E-state index in [9.17, 15) is 9.18 Å². The van der Waals surface area contributed by atoms with E-state index in [1.165, 1.54) is 18.2 Å². The molecule has 1 rings (SSSR count). The summed E-state index contributed by atoms with van der Waals surface area (Å²) in [6.07, 6.45) is 0. The maximum atomic E-state index is 12.6. The minimum absolute atomic E-state index is 0.161. The van der Waals surface area contributed by atoms with Crippen molar-refractivity contribution in [3.8, 4) is 0 Å². The maximum Gasteiger partial charge on any atom is 0.245 e. The molecule has 3 N–H and O–H groups in total. The van der Waals surface area contributed by atoms with Gasteiger partial charge < -0.3 is 11.1 Å². The molecular weight excluding hydrogens is 185 g/mol. The molecule has 0 aromatic carbocycles. The van der Waals surface area contributed by atoms with Crippen molar-refractivity contribution >= 4 is 11.7 Å². The average molecular weight is 197 g/mol. The van der Waals surface area contributed by atoms with Crippen molar-refractivity contribution in [2.45, 2.75) is 19.4 Å². The molecule has 76 valence electrons. The summed E-state index contributed by atoms with van der Waals surface area (Å²) in [6.45, 7) is 3.11. The number of nitrogens with two attached hydrogens (primary N) is 1. The van der Waals surface area contributed by atoms with Crippen LogP contribution in [0.3, 0.4) is 0 Å². The standard InChI is InChI=1S/C9H12FN3O/c1-9(2,11)8(14)13-7-5-3-4-6(10)12-7/h3-5H,11H2,1-2H3,(H,12,13,14). The van der Waals surface area contributed by atoms with Gasteiger partial charge in [-0.1, -0.05) is 6.07 Å². The van der Waals surface area contributed by atoms with Gasteiger partial charge in [0.15, 0.2) is 0 Å². The van der Waals surface area contributed by atoms with Crippen molar-refractivity contribution in [2.24, 2.45) is 5.73 Å². The fourth-order valence-corrected chi connectivity index (χ4v) is 0.755. The highest BCUT2D eigenvalue weighted by atomic mass is 19.1. The van der Waals surface area contributed by atoms with E-state index in [4.69, 9.17) is 5.73 Å². The van der Waals surface area contributed by atoms with E-state index in [2.05, 4.69) is 10.3 Å². The van der Waals surface area contributed by atoms with E-state index < -0.39 is 17.4 Å². The minimum Gasteiger partial charge on any atom is -0.318 e. The molecule has 1 aromatic heterocycles. The lowest BCUT2D eigenvalue weighted by molar-refractivity contribution is -0.120. The Labute approximate surface area is 81.3 Å². The highest BCUT2D eigenvalue weighted by Gasteiger charge is 2.22. The third kappa shape index (κ3) is 2.77. The molecule has 0 saturated heterocycles. The van der Waals surface area contributed by atoms with Crippen LogP contribution in [0.2, 0.25) is 0 Å². The topological polar surface area (TPSA) is 68.0 Å². The first-order chi connectivity index (χ1) is 6.39. The Morgan fingerprint density at radius 2 is 2.21 bits per heavy atom. The molecular formula is C9H12FN3O. The number of rotatable bonds is 2. The number of anilines is 1. The first-order valence-corrected chi connectivity index (χ1v) is 4.12. The Morgan fingerprint density at radius 1 is 1.57 bits per heavy atom. The first-order valence-electron chi connectivity index (χ1n) is 4.12. The molecule has 14 heavy (non-hydrogen) atoms. The zero-order chi connectivity index (χ0) is 10.8. The van der Waals surface area contributed by atoms with Gasteiger partial charge in [0.1, 0.15) is 5.82 Å². The van der Waals surface area contributed by atoms with Crippen molar-refractivity contribution < 1.29 is 9.18 Å². The van der Waals surface area contributed by atoms with Gasteiger partial charge in [0.25, 0.3) is 0 Å². The lowest BCUT2D eigenvalue weighted by Crippen LogP contribution is -2.45. The van der Waals surface area contributed by atoms with Crippen LogP contribution in [0.15, 0.2) is 18.2 Å². The fraction of sp³-hybridized carbons (Fsp3) is 0.333. The van der Waals surface area contributed by atoms with Gasteiger partial charge in [-0.3, -0.25) is 4.79 Å². The molecule has 1 amide bonds. The van der Waals surface area contributed by atoms with Crippen LogP contribution in [-0.2, 0) is 4.79 Å². The molecule has 1 heterocycles. The second-order valence-electron chi connectivity index (χ2n) is 3.52. The van der Waals surface area contributed by atoms with Crippen LogP contribution in [0.5, 0.6) is 0 Å². The number of aromatic nitrogens is 1. The van der Waals surface area contributed by atoms with Crippen molar-refractivity contribution in [3.63, 3.8) is 0 Å². The van der Waals surface area contributed by atoms with Gasteiger partial charge in [-0.25, -0.2) is 4.98 Å². The summed E-state index contributed by atoms with van der Waals surface area (Å²) in [6, 6.07) is 4.15. The number of hydrogen-bond acceptors (Lipinski definition) is 3. The predicted octanol–water partition coefficient (Wildman–Crippen LogP) is 0.896. The first kappa shape index (κ1) is 10.6. The van der Waals surface area contributed by atoms with Gasteiger partial charge in [-0.15, -0.1) is 0 Å². The summed E-state index contributed by atoms with van der Waals surface area (Å²) < 4.78 is 12.6. The third-order valence-electron chi connectivity index (χ3n) is 1.54. The summed E-state index contributed by atoms with van der Waals surface area (Å²) in [5, 5.41) is 2.41. The zero-order valence-corrected chi connectivity index (χ0v) is 8.04. The highest BCUT2D eigenvalue weighted by molar-refractivity contribution is 5.96. The summed E-state index contributed by atoms with van der Waals surface area (Å²) in [5.74, 6) is -0.887. The Morgan fingerprint density at radius 3 is 2.71 bits per heavy atom. The van der Waals surface area contributed by atoms with Crippen LogP contribution in [0.25, 0.3) is 0 Å². The molecule has 0 bridgehead atoms. The van der Waals surface area contributed by atoms with Crippen molar-refractivity contribution in [2.75, 3.05) is 5.32 Å². The van der Waals surface area contributed by atoms with Crippen LogP contribution >= 0.6 is 0 Å². The molecule has 0 aliphatic rings. The lowest BCUT2D eigenvalue weighted by Gasteiger charge is -2.17. The molecule has 1 aromatic rings. The second-order valence-corrected chi connectivity index (χ2v) is 3.52. The Balaban J connectivity index is 2.75. The molecule has 0 fully saturated rings. The van der Waals surface area contributed by atoms with Crippen LogP contribution < -0.4 is 11.1 Å². The van der Waals surface area contributed by atoms with Gasteiger partial charge >= 0.3 is 0 Å². The van der Waals surface area contributed by atoms with Gasteiger partial charge in [-0.05, 0) is 26.0 Å². The molecule has 4 nitrogen and oxygen atoms in total. The number of amides is 1. The maximum absolute atomic E-state index is 12.6. The minimum atomic E-state index is -1.01. The third-order valence-corrected chi connectivity index (χ3v) is 1.54. The molecule has 0 unspecified atom stereocenters. The number of pyridine rings is 1. The van der Waals surface area contributed by atoms with Crippen molar-refractivity contribution in [1.82, 2.24) is 4.98 Å². The second kappa shape index (κ2) is 3.71. The van der Waals surface area contributed by atoms with E-state index in [0.29, 0.717) is 0 Å². The van der Waals surface area contributed by atoms with E-state index in [1.807, 2.05) is 0 Å². The Kier molecular flexibility index (Phi) is 2.81. The lowest BCUT2D eigenvalue weighted by atomic mass is 10.1. The number of nitrogens with one attached hydrogen (secondary N) is 1. The number of carbonyl (C=O) groups is 1. The van der Waals surface area contributed by atoms with Gasteiger partial charge in [0, 0.05) is 0 Å². The summed E-state index contributed by atoms with van der Waals surface area (Å²) in [5.41, 5.74) is 4.53. The Bertz CT molecular complexity index is 346. The predicted molar refractivity (Wildman–Crippen MR) is 51.1 cm³/mol. The smallest absolute Gasteiger partial charge is 0.245 e. The quantitative estimate of drug-likeness (QED) is 0.692. The van der Waals surface area contributed by atoms with Crippen molar-refractivity contribution in [1.29, 1.82) is 0 Å². The SMILES string of the molecule is CC(C)(N)C(=O)Nc1cccc(F)n1. The summed E-state index contributed by atoms with van der Waals surface area (Å²) in [7, 11) is 0. The summed E-state index contributed by atoms with van der Waals surface area (Å²) in [4.78, 5) is 14.8. The number of nitrogens with zero attached hydrogens (tertiary/aromatic N) is 1. The van der Waals surface area contributed by atoms with E-state index in [0.717, 1.165) is 0 Å². The average Bonchev–Trinajstić information content (AvgIpc) is 2.02. The normalized spacial score (nSPS) is 11.1. The molecule has 0 aliphatic carbocycles. The molecule has 0 spiro atoms. The van der Waals surface area contributed by atoms with Crippen LogP contribution in [0.4, 0.5) is 10.2 Å². The van der Waals surface area contributed by atoms with Crippen LogP contribution in [-0.4, -0.2) is 16.4 Å². The molecule has 0 saturated carbocycles. The largest absolute Gasteiger partial charge is 0.318 e. The van der Waals surface area contributed by atoms with Crippen molar-refractivity contribution in [3.05, 3.63) is 24.1 Å². The van der Waals surface area contributed by atoms with E-state index >= 15 is 0 Å². The van der Waals surface area contributed by atoms with E-state index in [-0.39, 0.29) is 5.82 Å². The monoisotopic (exact) mass is 197 g/mol. The van der Waals surface area contributed by atoms with Gasteiger partial charge in [-0.2, -0.15) is 4.39 Å². The van der Waals surface area contributed by atoms with E-state index in [1.54, 1.807) is 13.8 Å². The molecule has 0 atom stereocenters. The number of carbonyl (C=O) groups excluding carboxylic acids is 1. The van der Waals surface area contributed by atoms with Gasteiger partial charge in [0.05, 0.1) is 5.54 Å². The molecule has 0 aliphatic heterocycles. The fourth-order valence-electron chi connectivity index (χ4n) is 0.755. The van der Waals surface area contributed by atoms with Crippen LogP contribution in [0, 0.1) is 5.95 Å². The molecule has 5 heteroatoms. The highest BCUT2D eigenvalue weighted by Crippen LogP contribution is 2.06. The number of halogens is 1. The van der Waals surface area contributed by atoms with Crippen LogP contribution in [0.1, 0.15) is 13.8 Å². The van der Waals surface area contributed by atoms with Gasteiger partial charge in [0.2, 0.25) is 11.9 Å².